The first kappa shape index (κ1) is 16.8. The van der Waals surface area contributed by atoms with Crippen molar-refractivity contribution in [1.82, 2.24) is 4.90 Å². The first-order chi connectivity index (χ1) is 11.5. The maximum atomic E-state index is 12.2. The van der Waals surface area contributed by atoms with Gasteiger partial charge in [0.15, 0.2) is 6.61 Å². The number of amides is 2. The van der Waals surface area contributed by atoms with Crippen LogP contribution in [-0.4, -0.2) is 47.6 Å². The van der Waals surface area contributed by atoms with Crippen molar-refractivity contribution in [2.75, 3.05) is 25.0 Å². The van der Waals surface area contributed by atoms with E-state index in [1.165, 1.54) is 11.8 Å². The Morgan fingerprint density at radius 1 is 1.29 bits per heavy atom. The highest BCUT2D eigenvalue weighted by Crippen LogP contribution is 2.36. The third-order valence-corrected chi connectivity index (χ3v) is 5.36. The molecule has 0 radical (unpaired) electrons. The lowest BCUT2D eigenvalue weighted by atomic mass is 10.1. The second-order valence-corrected chi connectivity index (χ2v) is 7.36. The van der Waals surface area contributed by atoms with Gasteiger partial charge in [0.25, 0.3) is 5.91 Å². The molecule has 6 nitrogen and oxygen atoms in total. The van der Waals surface area contributed by atoms with Gasteiger partial charge in [-0.25, -0.2) is 4.79 Å². The van der Waals surface area contributed by atoms with Gasteiger partial charge in [-0.2, -0.15) is 0 Å². The Hall–Kier alpha value is -2.02. The summed E-state index contributed by atoms with van der Waals surface area (Å²) in [5.74, 6) is -0.794. The van der Waals surface area contributed by atoms with Gasteiger partial charge in [0.2, 0.25) is 5.91 Å². The number of rotatable bonds is 3. The summed E-state index contributed by atoms with van der Waals surface area (Å²) in [5.41, 5.74) is 0.940. The standard InChI is InChI=1S/C17H20N2O4S/c1-11-16(21)18-13-9-12(5-6-14(13)24-11)17(22)23-10-15(20)19-7-3-2-4-8-19/h5-6,9,11H,2-4,7-8,10H2,1H3,(H,18,21)/t11-/m0/s1. The van der Waals surface area contributed by atoms with Gasteiger partial charge in [-0.15, -0.1) is 11.8 Å². The number of nitrogens with zero attached hydrogens (tertiary/aromatic N) is 1. The van der Waals surface area contributed by atoms with Crippen LogP contribution in [0.3, 0.4) is 0 Å². The summed E-state index contributed by atoms with van der Waals surface area (Å²) in [7, 11) is 0. The van der Waals surface area contributed by atoms with E-state index in [2.05, 4.69) is 5.32 Å². The third kappa shape index (κ3) is 3.72. The molecule has 128 valence electrons. The van der Waals surface area contributed by atoms with Crippen LogP contribution in [0.5, 0.6) is 0 Å². The molecule has 1 aromatic rings. The van der Waals surface area contributed by atoms with Gasteiger partial charge in [0.1, 0.15) is 0 Å². The zero-order chi connectivity index (χ0) is 17.1. The molecule has 2 amide bonds. The van der Waals surface area contributed by atoms with Crippen molar-refractivity contribution < 1.29 is 19.1 Å². The highest BCUT2D eigenvalue weighted by molar-refractivity contribution is 8.00. The summed E-state index contributed by atoms with van der Waals surface area (Å²) >= 11 is 1.45. The number of carbonyl (C=O) groups excluding carboxylic acids is 3. The lowest BCUT2D eigenvalue weighted by Crippen LogP contribution is -2.38. The molecule has 0 aromatic heterocycles. The summed E-state index contributed by atoms with van der Waals surface area (Å²) in [5, 5.41) is 2.62. The van der Waals surface area contributed by atoms with Crippen molar-refractivity contribution in [1.29, 1.82) is 0 Å². The van der Waals surface area contributed by atoms with E-state index in [1.54, 1.807) is 23.1 Å². The molecule has 1 N–H and O–H groups in total. The van der Waals surface area contributed by atoms with Gasteiger partial charge in [0.05, 0.1) is 16.5 Å². The number of esters is 1. The smallest absolute Gasteiger partial charge is 0.338 e. The topological polar surface area (TPSA) is 75.7 Å². The molecule has 2 aliphatic heterocycles. The molecular formula is C17H20N2O4S. The van der Waals surface area contributed by atoms with Crippen molar-refractivity contribution in [3.8, 4) is 0 Å². The predicted molar refractivity (Wildman–Crippen MR) is 91.1 cm³/mol. The number of anilines is 1. The number of piperidine rings is 1. The van der Waals surface area contributed by atoms with Crippen LogP contribution in [0.2, 0.25) is 0 Å². The van der Waals surface area contributed by atoms with Crippen molar-refractivity contribution in [3.63, 3.8) is 0 Å². The van der Waals surface area contributed by atoms with Gasteiger partial charge in [-0.1, -0.05) is 0 Å². The van der Waals surface area contributed by atoms with Gasteiger partial charge >= 0.3 is 5.97 Å². The van der Waals surface area contributed by atoms with E-state index in [-0.39, 0.29) is 23.7 Å². The highest BCUT2D eigenvalue weighted by atomic mass is 32.2. The Morgan fingerprint density at radius 2 is 2.04 bits per heavy atom. The molecule has 0 saturated carbocycles. The minimum absolute atomic E-state index is 0.0849. The molecule has 0 unspecified atom stereocenters. The molecule has 1 fully saturated rings. The fourth-order valence-electron chi connectivity index (χ4n) is 2.78. The number of benzene rings is 1. The lowest BCUT2D eigenvalue weighted by molar-refractivity contribution is -0.135. The maximum absolute atomic E-state index is 12.2. The first-order valence-electron chi connectivity index (χ1n) is 8.11. The molecule has 1 saturated heterocycles. The van der Waals surface area contributed by atoms with E-state index in [1.807, 2.05) is 6.92 Å². The van der Waals surface area contributed by atoms with E-state index < -0.39 is 5.97 Å². The van der Waals surface area contributed by atoms with E-state index in [9.17, 15) is 14.4 Å². The molecule has 0 bridgehead atoms. The Balaban J connectivity index is 1.60. The number of hydrogen-bond donors (Lipinski definition) is 1. The summed E-state index contributed by atoms with van der Waals surface area (Å²) in [6.45, 7) is 3.05. The van der Waals surface area contributed by atoms with Crippen LogP contribution >= 0.6 is 11.8 Å². The van der Waals surface area contributed by atoms with Crippen molar-refractivity contribution in [3.05, 3.63) is 23.8 Å². The average molecular weight is 348 g/mol. The van der Waals surface area contributed by atoms with E-state index >= 15 is 0 Å². The highest BCUT2D eigenvalue weighted by Gasteiger charge is 2.24. The molecule has 24 heavy (non-hydrogen) atoms. The van der Waals surface area contributed by atoms with Crippen LogP contribution in [0.15, 0.2) is 23.1 Å². The monoisotopic (exact) mass is 348 g/mol. The number of hydrogen-bond acceptors (Lipinski definition) is 5. The lowest BCUT2D eigenvalue weighted by Gasteiger charge is -2.26. The predicted octanol–water partition coefficient (Wildman–Crippen LogP) is 2.29. The van der Waals surface area contributed by atoms with Gasteiger partial charge in [0, 0.05) is 18.0 Å². The third-order valence-electron chi connectivity index (χ3n) is 4.18. The molecule has 1 aromatic carbocycles. The van der Waals surface area contributed by atoms with Crippen LogP contribution in [0.25, 0.3) is 0 Å². The molecule has 1 atom stereocenters. The minimum atomic E-state index is -0.555. The first-order valence-corrected chi connectivity index (χ1v) is 8.99. The number of ether oxygens (including phenoxy) is 1. The van der Waals surface area contributed by atoms with E-state index in [4.69, 9.17) is 4.74 Å². The number of thioether (sulfide) groups is 1. The van der Waals surface area contributed by atoms with E-state index in [0.717, 1.165) is 37.2 Å². The zero-order valence-electron chi connectivity index (χ0n) is 13.5. The fourth-order valence-corrected chi connectivity index (χ4v) is 3.71. The molecule has 2 aliphatic rings. The van der Waals surface area contributed by atoms with Crippen molar-refractivity contribution in [2.24, 2.45) is 0 Å². The quantitative estimate of drug-likeness (QED) is 0.848. The molecule has 3 rings (SSSR count). The van der Waals surface area contributed by atoms with Crippen molar-refractivity contribution >= 4 is 35.2 Å². The number of carbonyl (C=O) groups is 3. The summed E-state index contributed by atoms with van der Waals surface area (Å²) in [6.07, 6.45) is 3.14. The molecule has 2 heterocycles. The van der Waals surface area contributed by atoms with Gasteiger partial charge in [-0.05, 0) is 44.4 Å². The van der Waals surface area contributed by atoms with Crippen LogP contribution in [0, 0.1) is 0 Å². The number of likely N-dealkylation sites (tertiary alicyclic amines) is 1. The van der Waals surface area contributed by atoms with Crippen LogP contribution in [0.4, 0.5) is 5.69 Å². The Labute approximate surface area is 144 Å². The normalized spacial score (nSPS) is 20.1. The average Bonchev–Trinajstić information content (AvgIpc) is 2.60. The van der Waals surface area contributed by atoms with Gasteiger partial charge < -0.3 is 15.0 Å². The second-order valence-electron chi connectivity index (χ2n) is 5.98. The molecule has 0 spiro atoms. The van der Waals surface area contributed by atoms with Crippen LogP contribution < -0.4 is 5.32 Å². The van der Waals surface area contributed by atoms with Crippen LogP contribution in [0.1, 0.15) is 36.5 Å². The Kier molecular flexibility index (Phi) is 5.08. The largest absolute Gasteiger partial charge is 0.452 e. The second kappa shape index (κ2) is 7.25. The molecule has 7 heteroatoms. The Morgan fingerprint density at radius 3 is 2.79 bits per heavy atom. The van der Waals surface area contributed by atoms with E-state index in [0.29, 0.717) is 11.3 Å². The fraction of sp³-hybridized carbons (Fsp3) is 0.471. The summed E-state index contributed by atoms with van der Waals surface area (Å²) in [6, 6.07) is 5.04. The SMILES string of the molecule is C[C@@H]1Sc2ccc(C(=O)OCC(=O)N3CCCCC3)cc2NC1=O. The zero-order valence-corrected chi connectivity index (χ0v) is 14.4. The van der Waals surface area contributed by atoms with Crippen LogP contribution in [-0.2, 0) is 14.3 Å². The summed E-state index contributed by atoms with van der Waals surface area (Å²) in [4.78, 5) is 38.6. The molecular weight excluding hydrogens is 328 g/mol. The molecule has 0 aliphatic carbocycles. The summed E-state index contributed by atoms with van der Waals surface area (Å²) < 4.78 is 5.13. The van der Waals surface area contributed by atoms with Gasteiger partial charge in [-0.3, -0.25) is 9.59 Å². The number of fused-ring (bicyclic) bond motifs is 1. The Bertz CT molecular complexity index is 671. The maximum Gasteiger partial charge on any atom is 0.338 e. The van der Waals surface area contributed by atoms with Crippen molar-refractivity contribution in [2.45, 2.75) is 36.3 Å². The minimum Gasteiger partial charge on any atom is -0.452 e. The number of nitrogens with one attached hydrogen (secondary N) is 1.